The Hall–Kier alpha value is -3.17. The third-order valence-electron chi connectivity index (χ3n) is 7.25. The molecule has 0 spiro atoms. The number of carbonyl (C=O) groups excluding carboxylic acids is 1. The molecule has 8 nitrogen and oxygen atoms in total. The van der Waals surface area contributed by atoms with Crippen molar-refractivity contribution in [2.75, 3.05) is 44.4 Å². The van der Waals surface area contributed by atoms with Crippen LogP contribution in [0.1, 0.15) is 35.4 Å². The van der Waals surface area contributed by atoms with Gasteiger partial charge in [0, 0.05) is 57.2 Å². The Bertz CT molecular complexity index is 1220. The Morgan fingerprint density at radius 1 is 1.00 bits per heavy atom. The molecule has 1 amide bonds. The average molecular weight is 506 g/mol. The van der Waals surface area contributed by atoms with Gasteiger partial charge in [0.05, 0.1) is 0 Å². The van der Waals surface area contributed by atoms with Gasteiger partial charge in [-0.25, -0.2) is 4.98 Å². The molecule has 2 saturated heterocycles. The lowest BCUT2D eigenvalue weighted by Crippen LogP contribution is -2.53. The number of fused-ring (bicyclic) bond motifs is 1. The molecule has 6 rings (SSSR count). The molecule has 3 aliphatic rings. The number of aromatic nitrogens is 2. The number of nitrogens with zero attached hydrogens (tertiary/aromatic N) is 5. The van der Waals surface area contributed by atoms with Crippen LogP contribution in [0, 0.1) is 6.92 Å². The van der Waals surface area contributed by atoms with Gasteiger partial charge in [0.1, 0.15) is 11.9 Å². The minimum Gasteiger partial charge on any atom is -0.454 e. The highest BCUT2D eigenvalue weighted by Gasteiger charge is 2.36. The van der Waals surface area contributed by atoms with Crippen LogP contribution in [0.15, 0.2) is 42.5 Å². The fraction of sp³-hybridized carbons (Fsp3) is 0.444. The highest BCUT2D eigenvalue weighted by atomic mass is 32.1. The van der Waals surface area contributed by atoms with E-state index in [-0.39, 0.29) is 11.9 Å². The molecule has 1 atom stereocenters. The van der Waals surface area contributed by atoms with Gasteiger partial charge in [0.2, 0.25) is 17.8 Å². The molecule has 0 bridgehead atoms. The zero-order chi connectivity index (χ0) is 24.5. The normalized spacial score (nSPS) is 19.8. The number of piperazine rings is 1. The first kappa shape index (κ1) is 23.2. The van der Waals surface area contributed by atoms with E-state index in [1.807, 2.05) is 11.0 Å². The zero-order valence-electron chi connectivity index (χ0n) is 20.6. The van der Waals surface area contributed by atoms with E-state index in [9.17, 15) is 4.79 Å². The number of carbonyl (C=O) groups is 1. The molecule has 0 aliphatic carbocycles. The van der Waals surface area contributed by atoms with Gasteiger partial charge in [-0.05, 0) is 43.0 Å². The van der Waals surface area contributed by atoms with Gasteiger partial charge in [0.25, 0.3) is 0 Å². The van der Waals surface area contributed by atoms with E-state index < -0.39 is 0 Å². The number of rotatable bonds is 6. The summed E-state index contributed by atoms with van der Waals surface area (Å²) in [5.41, 5.74) is 3.66. The van der Waals surface area contributed by atoms with Crippen LogP contribution in [0.3, 0.4) is 0 Å². The molecule has 9 heteroatoms. The zero-order valence-corrected chi connectivity index (χ0v) is 21.4. The molecule has 36 heavy (non-hydrogen) atoms. The maximum atomic E-state index is 13.5. The Morgan fingerprint density at radius 2 is 1.78 bits per heavy atom. The molecular weight excluding hydrogens is 474 g/mol. The molecule has 1 unspecified atom stereocenters. The molecule has 0 radical (unpaired) electrons. The summed E-state index contributed by atoms with van der Waals surface area (Å²) in [7, 11) is 0. The second kappa shape index (κ2) is 10.1. The van der Waals surface area contributed by atoms with Crippen molar-refractivity contribution in [3.05, 3.63) is 65.0 Å². The number of hydrogen-bond donors (Lipinski definition) is 0. The quantitative estimate of drug-likeness (QED) is 0.508. The summed E-state index contributed by atoms with van der Waals surface area (Å²) in [6.07, 6.45) is 2.60. The van der Waals surface area contributed by atoms with Crippen molar-refractivity contribution >= 4 is 22.6 Å². The highest BCUT2D eigenvalue weighted by molar-refractivity contribution is 7.09. The van der Waals surface area contributed by atoms with Crippen molar-refractivity contribution in [3.8, 4) is 11.5 Å². The van der Waals surface area contributed by atoms with Gasteiger partial charge >= 0.3 is 0 Å². The van der Waals surface area contributed by atoms with Crippen molar-refractivity contribution in [1.29, 1.82) is 0 Å². The van der Waals surface area contributed by atoms with Crippen LogP contribution in [-0.4, -0.2) is 70.6 Å². The summed E-state index contributed by atoms with van der Waals surface area (Å²) in [5, 5.41) is 0.870. The summed E-state index contributed by atoms with van der Waals surface area (Å²) in [5.74, 6) is 2.69. The van der Waals surface area contributed by atoms with Crippen molar-refractivity contribution in [2.24, 2.45) is 0 Å². The van der Waals surface area contributed by atoms with Crippen LogP contribution in [0.4, 0.5) is 5.13 Å². The first-order valence-corrected chi connectivity index (χ1v) is 13.4. The standard InChI is InChI=1S/C27H31N5O3S/c1-19-4-6-20(7-5-19)16-25-28-27(36-29-25)32-10-2-3-22(32)26(33)31-13-11-30(12-14-31)17-21-8-9-23-24(15-21)35-18-34-23/h4-9,15,22H,2-3,10-14,16-18H2,1H3. The van der Waals surface area contributed by atoms with Crippen molar-refractivity contribution in [3.63, 3.8) is 0 Å². The van der Waals surface area contributed by atoms with E-state index in [0.29, 0.717) is 13.2 Å². The summed E-state index contributed by atoms with van der Waals surface area (Å²) in [6, 6.07) is 14.5. The van der Waals surface area contributed by atoms with Crippen LogP contribution >= 0.6 is 11.5 Å². The molecule has 4 heterocycles. The van der Waals surface area contributed by atoms with Crippen molar-refractivity contribution in [2.45, 2.75) is 38.8 Å². The second-order valence-electron chi connectivity index (χ2n) is 9.80. The fourth-order valence-electron chi connectivity index (χ4n) is 5.21. The molecule has 188 valence electrons. The van der Waals surface area contributed by atoms with E-state index in [2.05, 4.69) is 57.5 Å². The van der Waals surface area contributed by atoms with Gasteiger partial charge in [-0.2, -0.15) is 4.37 Å². The molecular formula is C27H31N5O3S. The molecule has 3 aliphatic heterocycles. The van der Waals surface area contributed by atoms with Crippen molar-refractivity contribution < 1.29 is 14.3 Å². The van der Waals surface area contributed by atoms with Gasteiger partial charge < -0.3 is 19.3 Å². The van der Waals surface area contributed by atoms with Crippen LogP contribution in [0.25, 0.3) is 0 Å². The summed E-state index contributed by atoms with van der Waals surface area (Å²) >= 11 is 1.41. The lowest BCUT2D eigenvalue weighted by molar-refractivity contribution is -0.134. The largest absolute Gasteiger partial charge is 0.454 e. The number of benzene rings is 2. The smallest absolute Gasteiger partial charge is 0.245 e. The Kier molecular flexibility index (Phi) is 6.50. The van der Waals surface area contributed by atoms with Gasteiger partial charge in [0.15, 0.2) is 11.5 Å². The van der Waals surface area contributed by atoms with Crippen LogP contribution < -0.4 is 14.4 Å². The number of anilines is 1. The van der Waals surface area contributed by atoms with E-state index in [0.717, 1.165) is 74.6 Å². The topological polar surface area (TPSA) is 71.0 Å². The molecule has 0 N–H and O–H groups in total. The SMILES string of the molecule is Cc1ccc(Cc2nsc(N3CCCC3C(=O)N3CCN(Cc4ccc5c(c4)OCO5)CC3)n2)cc1. The fourth-order valence-corrected chi connectivity index (χ4v) is 5.97. The van der Waals surface area contributed by atoms with E-state index in [4.69, 9.17) is 14.5 Å². The first-order chi connectivity index (χ1) is 17.6. The van der Waals surface area contributed by atoms with Crippen LogP contribution in [0.2, 0.25) is 0 Å². The van der Waals surface area contributed by atoms with Crippen molar-refractivity contribution in [1.82, 2.24) is 19.2 Å². The first-order valence-electron chi connectivity index (χ1n) is 12.7. The maximum absolute atomic E-state index is 13.5. The Labute approximate surface area is 215 Å². The molecule has 0 saturated carbocycles. The highest BCUT2D eigenvalue weighted by Crippen LogP contribution is 2.33. The monoisotopic (exact) mass is 505 g/mol. The predicted octanol–water partition coefficient (Wildman–Crippen LogP) is 3.48. The molecule has 1 aromatic heterocycles. The van der Waals surface area contributed by atoms with Crippen LogP contribution in [0.5, 0.6) is 11.5 Å². The second-order valence-corrected chi connectivity index (χ2v) is 10.5. The predicted molar refractivity (Wildman–Crippen MR) is 139 cm³/mol. The molecule has 3 aromatic rings. The minimum absolute atomic E-state index is 0.134. The summed E-state index contributed by atoms with van der Waals surface area (Å²) in [6.45, 7) is 7.34. The van der Waals surface area contributed by atoms with Gasteiger partial charge in [-0.15, -0.1) is 0 Å². The lowest BCUT2D eigenvalue weighted by Gasteiger charge is -2.37. The number of aryl methyl sites for hydroxylation is 1. The minimum atomic E-state index is -0.134. The number of amides is 1. The van der Waals surface area contributed by atoms with Crippen LogP contribution in [-0.2, 0) is 17.8 Å². The Balaban J connectivity index is 1.04. The maximum Gasteiger partial charge on any atom is 0.245 e. The third-order valence-corrected chi connectivity index (χ3v) is 8.04. The number of ether oxygens (including phenoxy) is 2. The third kappa shape index (κ3) is 4.90. The molecule has 2 fully saturated rings. The van der Waals surface area contributed by atoms with Gasteiger partial charge in [-0.3, -0.25) is 9.69 Å². The van der Waals surface area contributed by atoms with E-state index in [1.165, 1.54) is 28.2 Å². The van der Waals surface area contributed by atoms with E-state index in [1.54, 1.807) is 0 Å². The van der Waals surface area contributed by atoms with Gasteiger partial charge in [-0.1, -0.05) is 35.9 Å². The number of hydrogen-bond acceptors (Lipinski definition) is 8. The average Bonchev–Trinajstić information content (AvgIpc) is 3.66. The van der Waals surface area contributed by atoms with E-state index >= 15 is 0 Å². The molecule has 2 aromatic carbocycles. The summed E-state index contributed by atoms with van der Waals surface area (Å²) < 4.78 is 15.5. The Morgan fingerprint density at radius 3 is 2.61 bits per heavy atom. The lowest BCUT2D eigenvalue weighted by atomic mass is 10.1. The summed E-state index contributed by atoms with van der Waals surface area (Å²) in [4.78, 5) is 24.9.